The number of alkyl halides is 3. The summed E-state index contributed by atoms with van der Waals surface area (Å²) in [5.41, 5.74) is 1.26. The molecule has 4 rings (SSSR count). The van der Waals surface area contributed by atoms with E-state index in [-0.39, 0.29) is 11.0 Å². The highest BCUT2D eigenvalue weighted by molar-refractivity contribution is 8.00. The van der Waals surface area contributed by atoms with Crippen LogP contribution in [0.25, 0.3) is 11.0 Å². The van der Waals surface area contributed by atoms with Crippen LogP contribution in [0.4, 0.5) is 13.2 Å². The summed E-state index contributed by atoms with van der Waals surface area (Å²) in [6.45, 7) is 0.492. The van der Waals surface area contributed by atoms with Crippen LogP contribution in [-0.2, 0) is 17.5 Å². The van der Waals surface area contributed by atoms with Crippen LogP contribution in [0, 0.1) is 0 Å². The molecule has 1 saturated carbocycles. The molecule has 28 heavy (non-hydrogen) atoms. The fraction of sp³-hybridized carbons (Fsp3) is 0.333. The van der Waals surface area contributed by atoms with Gasteiger partial charge in [-0.3, -0.25) is 4.79 Å². The van der Waals surface area contributed by atoms with Crippen molar-refractivity contribution in [3.05, 3.63) is 59.7 Å². The number of thioether (sulfide) groups is 1. The van der Waals surface area contributed by atoms with E-state index < -0.39 is 11.7 Å². The van der Waals surface area contributed by atoms with E-state index in [0.29, 0.717) is 29.2 Å². The standard InChI is InChI=1S/C21H19F3N2OS/c22-21(23,24)15-10-11-17-16(12-15)25-20(28-19-9-5-4-8-18(19)27)26(17)13-14-6-2-1-3-7-14/h1-3,6-7,10-12,19H,4-5,8-9,13H2. The molecule has 1 aromatic heterocycles. The van der Waals surface area contributed by atoms with Gasteiger partial charge in [0.05, 0.1) is 28.4 Å². The Bertz CT molecular complexity index is 998. The number of hydrogen-bond donors (Lipinski definition) is 0. The molecule has 1 atom stereocenters. The topological polar surface area (TPSA) is 34.9 Å². The van der Waals surface area contributed by atoms with Crippen molar-refractivity contribution in [3.8, 4) is 0 Å². The van der Waals surface area contributed by atoms with Crippen LogP contribution in [0.2, 0.25) is 0 Å². The van der Waals surface area contributed by atoms with Gasteiger partial charge in [-0.1, -0.05) is 48.5 Å². The molecule has 2 aromatic carbocycles. The summed E-state index contributed by atoms with van der Waals surface area (Å²) in [5, 5.41) is 0.417. The zero-order valence-corrected chi connectivity index (χ0v) is 15.9. The molecule has 0 saturated heterocycles. The Morgan fingerprint density at radius 1 is 1.11 bits per heavy atom. The summed E-state index contributed by atoms with van der Waals surface area (Å²) >= 11 is 1.38. The van der Waals surface area contributed by atoms with Gasteiger partial charge in [-0.25, -0.2) is 4.98 Å². The average Bonchev–Trinajstić information content (AvgIpc) is 3.00. The second kappa shape index (κ2) is 7.62. The van der Waals surface area contributed by atoms with Crippen LogP contribution in [0.5, 0.6) is 0 Å². The fourth-order valence-electron chi connectivity index (χ4n) is 3.50. The van der Waals surface area contributed by atoms with E-state index in [4.69, 9.17) is 0 Å². The number of halogens is 3. The summed E-state index contributed by atoms with van der Waals surface area (Å²) in [5.74, 6) is 0.200. The van der Waals surface area contributed by atoms with Crippen molar-refractivity contribution in [2.75, 3.05) is 0 Å². The quantitative estimate of drug-likeness (QED) is 0.559. The van der Waals surface area contributed by atoms with Gasteiger partial charge in [0.2, 0.25) is 0 Å². The molecule has 7 heteroatoms. The van der Waals surface area contributed by atoms with Gasteiger partial charge in [0.1, 0.15) is 5.78 Å². The lowest BCUT2D eigenvalue weighted by atomic mass is 9.99. The van der Waals surface area contributed by atoms with Crippen molar-refractivity contribution in [1.82, 2.24) is 9.55 Å². The van der Waals surface area contributed by atoms with Crippen LogP contribution < -0.4 is 0 Å². The maximum Gasteiger partial charge on any atom is 0.416 e. The van der Waals surface area contributed by atoms with E-state index in [0.717, 1.165) is 37.0 Å². The van der Waals surface area contributed by atoms with E-state index >= 15 is 0 Å². The third-order valence-electron chi connectivity index (χ3n) is 4.97. The molecule has 0 radical (unpaired) electrons. The summed E-state index contributed by atoms with van der Waals surface area (Å²) in [7, 11) is 0. The van der Waals surface area contributed by atoms with Crippen molar-refractivity contribution in [2.45, 2.75) is 48.8 Å². The molecule has 146 valence electrons. The first kappa shape index (κ1) is 19.1. The van der Waals surface area contributed by atoms with Crippen molar-refractivity contribution >= 4 is 28.6 Å². The Morgan fingerprint density at radius 2 is 1.89 bits per heavy atom. The second-order valence-electron chi connectivity index (χ2n) is 6.99. The first-order valence-corrected chi connectivity index (χ1v) is 10.1. The van der Waals surface area contributed by atoms with Gasteiger partial charge in [0.25, 0.3) is 0 Å². The number of fused-ring (bicyclic) bond motifs is 1. The number of nitrogens with zero attached hydrogens (tertiary/aromatic N) is 2. The predicted octanol–water partition coefficient (Wildman–Crippen LogP) is 5.71. The summed E-state index contributed by atoms with van der Waals surface area (Å²) in [6.07, 6.45) is -1.17. The zero-order chi connectivity index (χ0) is 19.7. The number of benzene rings is 2. The number of aromatic nitrogens is 2. The minimum Gasteiger partial charge on any atom is -0.314 e. The monoisotopic (exact) mass is 404 g/mol. The van der Waals surface area contributed by atoms with E-state index in [9.17, 15) is 18.0 Å². The van der Waals surface area contributed by atoms with Gasteiger partial charge in [0, 0.05) is 6.42 Å². The predicted molar refractivity (Wildman–Crippen MR) is 103 cm³/mol. The van der Waals surface area contributed by atoms with Gasteiger partial charge in [-0.15, -0.1) is 0 Å². The molecular formula is C21H19F3N2OS. The highest BCUT2D eigenvalue weighted by Gasteiger charge is 2.31. The SMILES string of the molecule is O=C1CCCCC1Sc1nc2cc(C(F)(F)F)ccc2n1Cc1ccccc1. The number of carbonyl (C=O) groups excluding carboxylic acids is 1. The van der Waals surface area contributed by atoms with E-state index in [2.05, 4.69) is 4.98 Å². The summed E-state index contributed by atoms with van der Waals surface area (Å²) in [4.78, 5) is 16.7. The Kier molecular flexibility index (Phi) is 5.19. The minimum atomic E-state index is -4.41. The van der Waals surface area contributed by atoms with Gasteiger partial charge in [-0.2, -0.15) is 13.2 Å². The molecule has 1 unspecified atom stereocenters. The van der Waals surface area contributed by atoms with Crippen LogP contribution in [-0.4, -0.2) is 20.6 Å². The minimum absolute atomic E-state index is 0.179. The number of ketones is 1. The van der Waals surface area contributed by atoms with Crippen LogP contribution >= 0.6 is 11.8 Å². The molecule has 1 aliphatic carbocycles. The normalized spacial score (nSPS) is 18.0. The number of carbonyl (C=O) groups is 1. The lowest BCUT2D eigenvalue weighted by Gasteiger charge is -2.20. The molecule has 3 nitrogen and oxygen atoms in total. The van der Waals surface area contributed by atoms with Crippen molar-refractivity contribution in [3.63, 3.8) is 0 Å². The highest BCUT2D eigenvalue weighted by Crippen LogP contribution is 2.36. The average molecular weight is 404 g/mol. The Morgan fingerprint density at radius 3 is 2.61 bits per heavy atom. The van der Waals surface area contributed by atoms with Crippen LogP contribution in [0.15, 0.2) is 53.7 Å². The van der Waals surface area contributed by atoms with E-state index in [1.165, 1.54) is 17.8 Å². The molecule has 0 spiro atoms. The molecule has 1 aliphatic rings. The van der Waals surface area contributed by atoms with Gasteiger partial charge in [-0.05, 0) is 36.6 Å². The number of imidazole rings is 1. The van der Waals surface area contributed by atoms with E-state index in [1.807, 2.05) is 34.9 Å². The number of hydrogen-bond acceptors (Lipinski definition) is 3. The lowest BCUT2D eigenvalue weighted by Crippen LogP contribution is -2.22. The smallest absolute Gasteiger partial charge is 0.314 e. The van der Waals surface area contributed by atoms with Gasteiger partial charge < -0.3 is 4.57 Å². The zero-order valence-electron chi connectivity index (χ0n) is 15.1. The maximum atomic E-state index is 13.1. The van der Waals surface area contributed by atoms with Crippen molar-refractivity contribution in [2.24, 2.45) is 0 Å². The van der Waals surface area contributed by atoms with E-state index in [1.54, 1.807) is 0 Å². The van der Waals surface area contributed by atoms with Crippen LogP contribution in [0.3, 0.4) is 0 Å². The Hall–Kier alpha value is -2.28. The maximum absolute atomic E-state index is 13.1. The number of Topliss-reactive ketones (excluding diaryl/α,β-unsaturated/α-hetero) is 1. The molecule has 0 aliphatic heterocycles. The molecule has 0 N–H and O–H groups in total. The number of rotatable bonds is 4. The fourth-order valence-corrected chi connectivity index (χ4v) is 4.73. The largest absolute Gasteiger partial charge is 0.416 e. The van der Waals surface area contributed by atoms with Crippen molar-refractivity contribution < 1.29 is 18.0 Å². The molecule has 3 aromatic rings. The second-order valence-corrected chi connectivity index (χ2v) is 8.16. The Balaban J connectivity index is 1.76. The molecule has 1 heterocycles. The highest BCUT2D eigenvalue weighted by atomic mass is 32.2. The molecule has 0 amide bonds. The third kappa shape index (κ3) is 3.94. The summed E-state index contributed by atoms with van der Waals surface area (Å²) < 4.78 is 41.2. The van der Waals surface area contributed by atoms with Crippen molar-refractivity contribution in [1.29, 1.82) is 0 Å². The third-order valence-corrected chi connectivity index (χ3v) is 6.28. The van der Waals surface area contributed by atoms with Crippen LogP contribution in [0.1, 0.15) is 36.8 Å². The van der Waals surface area contributed by atoms with Gasteiger partial charge in [0.15, 0.2) is 5.16 Å². The molecule has 1 fully saturated rings. The first-order chi connectivity index (χ1) is 13.4. The molecule has 0 bridgehead atoms. The van der Waals surface area contributed by atoms with Gasteiger partial charge >= 0.3 is 6.18 Å². The summed E-state index contributed by atoms with van der Waals surface area (Å²) in [6, 6.07) is 13.4. The molecular weight excluding hydrogens is 385 g/mol. The lowest BCUT2D eigenvalue weighted by molar-refractivity contribution is -0.137. The Labute approximate surface area is 165 Å². The first-order valence-electron chi connectivity index (χ1n) is 9.22.